The summed E-state index contributed by atoms with van der Waals surface area (Å²) in [6.45, 7) is -1.64. The van der Waals surface area contributed by atoms with Crippen molar-refractivity contribution in [1.82, 2.24) is 0 Å². The quantitative estimate of drug-likeness (QED) is 0.395. The summed E-state index contributed by atoms with van der Waals surface area (Å²) >= 11 is 0. The van der Waals surface area contributed by atoms with E-state index in [0.29, 0.717) is 0 Å². The Morgan fingerprint density at radius 3 is 1.97 bits per heavy atom. The molecular formula is C20H11F7O3. The average molecular weight is 432 g/mol. The van der Waals surface area contributed by atoms with E-state index in [1.807, 2.05) is 0 Å². The van der Waals surface area contributed by atoms with Gasteiger partial charge in [-0.2, -0.15) is 13.2 Å². The first-order valence-corrected chi connectivity index (χ1v) is 8.19. The zero-order chi connectivity index (χ0) is 22.1. The predicted octanol–water partition coefficient (Wildman–Crippen LogP) is 5.81. The van der Waals surface area contributed by atoms with E-state index in [9.17, 15) is 35.8 Å². The SMILES string of the molecule is Oc1ccc(-c2ccc(OCC(F)(F)Oc3cc(F)c(F)c(F)c3)c(F)c2F)cc1. The molecule has 1 N–H and O–H groups in total. The van der Waals surface area contributed by atoms with Crippen LogP contribution in [0.4, 0.5) is 30.7 Å². The van der Waals surface area contributed by atoms with Gasteiger partial charge in [0, 0.05) is 17.7 Å². The van der Waals surface area contributed by atoms with Crippen molar-refractivity contribution in [3.05, 3.63) is 77.6 Å². The molecule has 0 unspecified atom stereocenters. The number of hydrogen-bond acceptors (Lipinski definition) is 3. The molecule has 0 spiro atoms. The second kappa shape index (κ2) is 8.13. The fourth-order valence-electron chi connectivity index (χ4n) is 2.46. The zero-order valence-corrected chi connectivity index (χ0v) is 14.7. The number of hydrogen-bond donors (Lipinski definition) is 1. The van der Waals surface area contributed by atoms with Crippen molar-refractivity contribution in [1.29, 1.82) is 0 Å². The normalized spacial score (nSPS) is 11.4. The van der Waals surface area contributed by atoms with Gasteiger partial charge in [0.05, 0.1) is 0 Å². The first-order valence-electron chi connectivity index (χ1n) is 8.19. The molecule has 0 aliphatic heterocycles. The van der Waals surface area contributed by atoms with Crippen LogP contribution in [0.5, 0.6) is 17.2 Å². The fraction of sp³-hybridized carbons (Fsp3) is 0.100. The summed E-state index contributed by atoms with van der Waals surface area (Å²) in [6, 6.07) is 7.48. The van der Waals surface area contributed by atoms with Crippen LogP contribution in [-0.2, 0) is 0 Å². The second-order valence-electron chi connectivity index (χ2n) is 6.02. The summed E-state index contributed by atoms with van der Waals surface area (Å²) < 4.78 is 104. The molecule has 0 atom stereocenters. The van der Waals surface area contributed by atoms with Crippen LogP contribution in [0, 0.1) is 29.1 Å². The zero-order valence-electron chi connectivity index (χ0n) is 14.7. The van der Waals surface area contributed by atoms with Crippen molar-refractivity contribution < 1.29 is 45.3 Å². The summed E-state index contributed by atoms with van der Waals surface area (Å²) in [7, 11) is 0. The summed E-state index contributed by atoms with van der Waals surface area (Å²) in [5.74, 6) is -10.3. The maximum absolute atomic E-state index is 14.3. The number of alkyl halides is 2. The van der Waals surface area contributed by atoms with Crippen LogP contribution in [-0.4, -0.2) is 17.8 Å². The number of benzene rings is 3. The Morgan fingerprint density at radius 2 is 1.37 bits per heavy atom. The lowest BCUT2D eigenvalue weighted by molar-refractivity contribution is -0.196. The van der Waals surface area contributed by atoms with E-state index in [4.69, 9.17) is 0 Å². The maximum atomic E-state index is 14.3. The highest BCUT2D eigenvalue weighted by atomic mass is 19.3. The van der Waals surface area contributed by atoms with Gasteiger partial charge in [-0.3, -0.25) is 0 Å². The molecule has 0 amide bonds. The molecule has 0 aliphatic rings. The number of phenolic OH excluding ortho intramolecular Hbond substituents is 1. The Bertz CT molecular complexity index is 1050. The van der Waals surface area contributed by atoms with Gasteiger partial charge in [0.2, 0.25) is 5.82 Å². The lowest BCUT2D eigenvalue weighted by atomic mass is 10.0. The van der Waals surface area contributed by atoms with Crippen molar-refractivity contribution in [2.75, 3.05) is 6.61 Å². The number of phenols is 1. The Morgan fingerprint density at radius 1 is 0.767 bits per heavy atom. The van der Waals surface area contributed by atoms with Crippen molar-refractivity contribution in [2.45, 2.75) is 6.11 Å². The molecule has 0 heterocycles. The van der Waals surface area contributed by atoms with Crippen molar-refractivity contribution in [2.24, 2.45) is 0 Å². The lowest BCUT2D eigenvalue weighted by Gasteiger charge is -2.19. The van der Waals surface area contributed by atoms with Crippen LogP contribution in [0.15, 0.2) is 48.5 Å². The first-order chi connectivity index (χ1) is 14.1. The van der Waals surface area contributed by atoms with Gasteiger partial charge >= 0.3 is 6.11 Å². The van der Waals surface area contributed by atoms with Gasteiger partial charge in [0.15, 0.2) is 35.6 Å². The van der Waals surface area contributed by atoms with E-state index >= 15 is 0 Å². The molecule has 3 aromatic rings. The molecule has 0 saturated carbocycles. The Kier molecular flexibility index (Phi) is 5.77. The molecule has 30 heavy (non-hydrogen) atoms. The summed E-state index contributed by atoms with van der Waals surface area (Å²) in [4.78, 5) is 0. The van der Waals surface area contributed by atoms with Gasteiger partial charge in [0.25, 0.3) is 0 Å². The van der Waals surface area contributed by atoms with E-state index < -0.39 is 53.3 Å². The molecule has 10 heteroatoms. The van der Waals surface area contributed by atoms with Crippen LogP contribution >= 0.6 is 0 Å². The van der Waals surface area contributed by atoms with Crippen LogP contribution in [0.1, 0.15) is 0 Å². The maximum Gasteiger partial charge on any atom is 0.433 e. The van der Waals surface area contributed by atoms with Gasteiger partial charge in [0.1, 0.15) is 11.5 Å². The van der Waals surface area contributed by atoms with Gasteiger partial charge in [-0.15, -0.1) is 0 Å². The highest BCUT2D eigenvalue weighted by Gasteiger charge is 2.34. The number of halogens is 7. The van der Waals surface area contributed by atoms with Gasteiger partial charge in [-0.25, -0.2) is 17.6 Å². The number of rotatable bonds is 6. The molecule has 158 valence electrons. The van der Waals surface area contributed by atoms with Crippen LogP contribution in [0.25, 0.3) is 11.1 Å². The molecule has 0 aliphatic carbocycles. The van der Waals surface area contributed by atoms with E-state index in [1.54, 1.807) is 0 Å². The molecular weight excluding hydrogens is 421 g/mol. The molecule has 0 radical (unpaired) electrons. The van der Waals surface area contributed by atoms with E-state index in [2.05, 4.69) is 9.47 Å². The van der Waals surface area contributed by atoms with Gasteiger partial charge in [-0.1, -0.05) is 12.1 Å². The Balaban J connectivity index is 1.74. The highest BCUT2D eigenvalue weighted by Crippen LogP contribution is 2.32. The Hall–Kier alpha value is -3.43. The highest BCUT2D eigenvalue weighted by molar-refractivity contribution is 5.66. The number of ether oxygens (including phenoxy) is 2. The van der Waals surface area contributed by atoms with Crippen LogP contribution < -0.4 is 9.47 Å². The smallest absolute Gasteiger partial charge is 0.433 e. The minimum Gasteiger partial charge on any atom is -0.508 e. The van der Waals surface area contributed by atoms with Gasteiger partial charge in [-0.05, 0) is 29.8 Å². The average Bonchev–Trinajstić information content (AvgIpc) is 2.68. The van der Waals surface area contributed by atoms with E-state index in [0.717, 1.165) is 12.1 Å². The Labute approximate surface area is 164 Å². The molecule has 0 bridgehead atoms. The second-order valence-corrected chi connectivity index (χ2v) is 6.02. The summed E-state index contributed by atoms with van der Waals surface area (Å²) in [5, 5.41) is 9.24. The third kappa shape index (κ3) is 4.58. The fourth-order valence-corrected chi connectivity index (χ4v) is 2.46. The first kappa shape index (κ1) is 21.3. The lowest BCUT2D eigenvalue weighted by Crippen LogP contribution is -2.32. The molecule has 3 rings (SSSR count). The van der Waals surface area contributed by atoms with Crippen molar-refractivity contribution in [3.63, 3.8) is 0 Å². The summed E-state index contributed by atoms with van der Waals surface area (Å²) in [6.07, 6.45) is -4.21. The van der Waals surface area contributed by atoms with Gasteiger partial charge < -0.3 is 14.6 Å². The molecule has 0 saturated heterocycles. The topological polar surface area (TPSA) is 38.7 Å². The van der Waals surface area contributed by atoms with Crippen molar-refractivity contribution >= 4 is 0 Å². The van der Waals surface area contributed by atoms with E-state index in [1.165, 1.54) is 24.3 Å². The molecule has 3 nitrogen and oxygen atoms in total. The number of aromatic hydroxyl groups is 1. The largest absolute Gasteiger partial charge is 0.508 e. The minimum atomic E-state index is -4.21. The standard InChI is InChI=1S/C20H11F7O3/c21-14-7-12(8-15(22)18(14)24)30-20(26,27)9-29-16-6-5-13(17(23)19(16)25)10-1-3-11(28)4-2-10/h1-8,28H,9H2. The third-order valence-corrected chi connectivity index (χ3v) is 3.85. The minimum absolute atomic E-state index is 0.0947. The summed E-state index contributed by atoms with van der Waals surface area (Å²) in [5.41, 5.74) is 0.00454. The predicted molar refractivity (Wildman–Crippen MR) is 90.8 cm³/mol. The monoisotopic (exact) mass is 432 g/mol. The van der Waals surface area contributed by atoms with Crippen LogP contribution in [0.3, 0.4) is 0 Å². The molecule has 0 aromatic heterocycles. The van der Waals surface area contributed by atoms with Crippen molar-refractivity contribution in [3.8, 4) is 28.4 Å². The van der Waals surface area contributed by atoms with E-state index in [-0.39, 0.29) is 29.0 Å². The third-order valence-electron chi connectivity index (χ3n) is 3.85. The molecule has 3 aromatic carbocycles. The van der Waals surface area contributed by atoms with Crippen LogP contribution in [0.2, 0.25) is 0 Å². The molecule has 0 fully saturated rings.